The summed E-state index contributed by atoms with van der Waals surface area (Å²) in [6.45, 7) is 1.96. The molecule has 2 aromatic heterocycles. The summed E-state index contributed by atoms with van der Waals surface area (Å²) in [5.41, 5.74) is 1.85. The van der Waals surface area contributed by atoms with Crippen LogP contribution in [0, 0.1) is 6.92 Å². The Balaban J connectivity index is 2.33. The highest BCUT2D eigenvalue weighted by molar-refractivity contribution is 5.15. The van der Waals surface area contributed by atoms with Gasteiger partial charge >= 0.3 is 0 Å². The van der Waals surface area contributed by atoms with E-state index < -0.39 is 0 Å². The average Bonchev–Trinajstić information content (AvgIpc) is 2.34. The molecule has 0 aromatic carbocycles. The highest BCUT2D eigenvalue weighted by Gasteiger charge is 2.15. The van der Waals surface area contributed by atoms with Crippen molar-refractivity contribution in [2.75, 3.05) is 7.05 Å². The number of hydrogen-bond acceptors (Lipinski definition) is 5. The Morgan fingerprint density at radius 1 is 1.06 bits per heavy atom. The minimum Gasteiger partial charge on any atom is -0.305 e. The zero-order valence-corrected chi connectivity index (χ0v) is 9.25. The molecule has 1 N–H and O–H groups in total. The fourth-order valence-corrected chi connectivity index (χ4v) is 1.42. The normalized spacial score (nSPS) is 12.4. The Hall–Kier alpha value is -1.88. The maximum absolute atomic E-state index is 4.28. The molecular formula is C11H13N5. The van der Waals surface area contributed by atoms with Gasteiger partial charge in [-0.15, -0.1) is 0 Å². The molecule has 0 radical (unpaired) electrons. The second kappa shape index (κ2) is 4.76. The van der Waals surface area contributed by atoms with Crippen LogP contribution >= 0.6 is 0 Å². The smallest absolute Gasteiger partial charge is 0.151 e. The van der Waals surface area contributed by atoms with Crippen molar-refractivity contribution in [3.05, 3.63) is 48.1 Å². The Morgan fingerprint density at radius 3 is 2.38 bits per heavy atom. The minimum absolute atomic E-state index is 0.116. The van der Waals surface area contributed by atoms with Crippen molar-refractivity contribution < 1.29 is 0 Å². The van der Waals surface area contributed by atoms with Gasteiger partial charge < -0.3 is 5.32 Å². The summed E-state index contributed by atoms with van der Waals surface area (Å²) in [6.07, 6.45) is 8.61. The fraction of sp³-hybridized carbons (Fsp3) is 0.273. The van der Waals surface area contributed by atoms with E-state index in [0.717, 1.165) is 11.3 Å². The molecule has 82 valence electrons. The van der Waals surface area contributed by atoms with Crippen molar-refractivity contribution in [1.29, 1.82) is 0 Å². The number of hydrogen-bond donors (Lipinski definition) is 1. The number of nitrogens with zero attached hydrogens (tertiary/aromatic N) is 4. The van der Waals surface area contributed by atoms with Gasteiger partial charge in [-0.2, -0.15) is 0 Å². The SMILES string of the molecule is CNC(c1cnccn1)c1ncc(C)cn1. The van der Waals surface area contributed by atoms with Crippen LogP contribution in [0.25, 0.3) is 0 Å². The summed E-state index contributed by atoms with van der Waals surface area (Å²) in [5, 5.41) is 3.13. The lowest BCUT2D eigenvalue weighted by atomic mass is 10.2. The first kappa shape index (κ1) is 10.6. The first-order chi connectivity index (χ1) is 7.81. The molecule has 0 spiro atoms. The van der Waals surface area contributed by atoms with Crippen LogP contribution in [0.1, 0.15) is 23.1 Å². The number of aryl methyl sites for hydroxylation is 1. The van der Waals surface area contributed by atoms with E-state index in [-0.39, 0.29) is 6.04 Å². The van der Waals surface area contributed by atoms with Gasteiger partial charge in [0.1, 0.15) is 6.04 Å². The largest absolute Gasteiger partial charge is 0.305 e. The van der Waals surface area contributed by atoms with E-state index in [1.807, 2.05) is 14.0 Å². The Morgan fingerprint density at radius 2 is 1.81 bits per heavy atom. The molecule has 0 aliphatic heterocycles. The lowest BCUT2D eigenvalue weighted by Gasteiger charge is -2.13. The molecule has 0 amide bonds. The monoisotopic (exact) mass is 215 g/mol. The minimum atomic E-state index is -0.116. The summed E-state index contributed by atoms with van der Waals surface area (Å²) in [7, 11) is 1.85. The van der Waals surface area contributed by atoms with E-state index in [9.17, 15) is 0 Å². The van der Waals surface area contributed by atoms with E-state index in [2.05, 4.69) is 25.3 Å². The van der Waals surface area contributed by atoms with Crippen molar-refractivity contribution in [3.8, 4) is 0 Å². The van der Waals surface area contributed by atoms with Gasteiger partial charge in [0.25, 0.3) is 0 Å². The molecule has 5 nitrogen and oxygen atoms in total. The maximum atomic E-state index is 4.28. The van der Waals surface area contributed by atoms with Gasteiger partial charge in [-0.1, -0.05) is 0 Å². The van der Waals surface area contributed by atoms with Crippen molar-refractivity contribution in [3.63, 3.8) is 0 Å². The van der Waals surface area contributed by atoms with Gasteiger partial charge in [0.15, 0.2) is 5.82 Å². The molecule has 1 unspecified atom stereocenters. The third-order valence-electron chi connectivity index (χ3n) is 2.23. The summed E-state index contributed by atoms with van der Waals surface area (Å²) in [4.78, 5) is 16.9. The van der Waals surface area contributed by atoms with Gasteiger partial charge in [0.05, 0.1) is 11.9 Å². The van der Waals surface area contributed by atoms with Gasteiger partial charge in [-0.25, -0.2) is 9.97 Å². The molecule has 2 rings (SSSR count). The average molecular weight is 215 g/mol. The van der Waals surface area contributed by atoms with E-state index >= 15 is 0 Å². The zero-order chi connectivity index (χ0) is 11.4. The molecule has 16 heavy (non-hydrogen) atoms. The van der Waals surface area contributed by atoms with Gasteiger partial charge in [0.2, 0.25) is 0 Å². The predicted molar refractivity (Wildman–Crippen MR) is 59.7 cm³/mol. The van der Waals surface area contributed by atoms with Gasteiger partial charge in [0, 0.05) is 24.8 Å². The van der Waals surface area contributed by atoms with Gasteiger partial charge in [-0.05, 0) is 19.5 Å². The fourth-order valence-electron chi connectivity index (χ4n) is 1.42. The summed E-state index contributed by atoms with van der Waals surface area (Å²) < 4.78 is 0. The molecule has 0 aliphatic carbocycles. The van der Waals surface area contributed by atoms with Crippen molar-refractivity contribution in [2.24, 2.45) is 0 Å². The lowest BCUT2D eigenvalue weighted by molar-refractivity contribution is 0.625. The van der Waals surface area contributed by atoms with E-state index in [4.69, 9.17) is 0 Å². The van der Waals surface area contributed by atoms with Crippen LogP contribution in [0.5, 0.6) is 0 Å². The third-order valence-corrected chi connectivity index (χ3v) is 2.23. The van der Waals surface area contributed by atoms with Crippen molar-refractivity contribution in [1.82, 2.24) is 25.3 Å². The summed E-state index contributed by atoms with van der Waals surface area (Å²) in [6, 6.07) is -0.116. The predicted octanol–water partition coefficient (Wildman–Crippen LogP) is 0.884. The number of nitrogens with one attached hydrogen (secondary N) is 1. The van der Waals surface area contributed by atoms with Crippen LogP contribution in [0.4, 0.5) is 0 Å². The van der Waals surface area contributed by atoms with Crippen molar-refractivity contribution in [2.45, 2.75) is 13.0 Å². The van der Waals surface area contributed by atoms with Gasteiger partial charge in [-0.3, -0.25) is 9.97 Å². The number of aromatic nitrogens is 4. The van der Waals surface area contributed by atoms with Crippen LogP contribution in [-0.2, 0) is 0 Å². The third kappa shape index (κ3) is 2.20. The Labute approximate surface area is 94.0 Å². The Kier molecular flexibility index (Phi) is 3.16. The zero-order valence-electron chi connectivity index (χ0n) is 9.25. The van der Waals surface area contributed by atoms with E-state index in [1.165, 1.54) is 0 Å². The second-order valence-electron chi connectivity index (χ2n) is 3.47. The second-order valence-corrected chi connectivity index (χ2v) is 3.47. The topological polar surface area (TPSA) is 63.6 Å². The maximum Gasteiger partial charge on any atom is 0.151 e. The first-order valence-corrected chi connectivity index (χ1v) is 5.03. The first-order valence-electron chi connectivity index (χ1n) is 5.03. The molecule has 0 bridgehead atoms. The molecule has 5 heteroatoms. The quantitative estimate of drug-likeness (QED) is 0.823. The molecule has 0 aliphatic rings. The lowest BCUT2D eigenvalue weighted by Crippen LogP contribution is -2.21. The number of rotatable bonds is 3. The van der Waals surface area contributed by atoms with Crippen LogP contribution < -0.4 is 5.32 Å². The highest BCUT2D eigenvalue weighted by atomic mass is 15.0. The molecule has 0 fully saturated rings. The van der Waals surface area contributed by atoms with Crippen LogP contribution in [-0.4, -0.2) is 27.0 Å². The molecular weight excluding hydrogens is 202 g/mol. The van der Waals surface area contributed by atoms with E-state index in [1.54, 1.807) is 31.0 Å². The van der Waals surface area contributed by atoms with Crippen molar-refractivity contribution >= 4 is 0 Å². The Bertz CT molecular complexity index is 440. The highest BCUT2D eigenvalue weighted by Crippen LogP contribution is 2.14. The summed E-state index contributed by atoms with van der Waals surface area (Å²) in [5.74, 6) is 0.702. The van der Waals surface area contributed by atoms with Crippen LogP contribution in [0.2, 0.25) is 0 Å². The van der Waals surface area contributed by atoms with Crippen LogP contribution in [0.15, 0.2) is 31.0 Å². The molecule has 0 saturated carbocycles. The van der Waals surface area contributed by atoms with Crippen LogP contribution in [0.3, 0.4) is 0 Å². The van der Waals surface area contributed by atoms with E-state index in [0.29, 0.717) is 5.82 Å². The molecule has 2 aromatic rings. The molecule has 0 saturated heterocycles. The summed E-state index contributed by atoms with van der Waals surface area (Å²) >= 11 is 0. The standard InChI is InChI=1S/C11H13N5/c1-8-5-15-11(16-6-8)10(12-2)9-7-13-3-4-14-9/h3-7,10,12H,1-2H3. The molecule has 1 atom stereocenters. The molecule has 2 heterocycles.